The number of hydrogen-bond donors (Lipinski definition) is 2. The van der Waals surface area contributed by atoms with Gasteiger partial charge in [-0.2, -0.15) is 0 Å². The molecule has 1 saturated heterocycles. The average molecular weight is 452 g/mol. The highest BCUT2D eigenvalue weighted by Crippen LogP contribution is 2.24. The number of nitrogens with zero attached hydrogens (tertiary/aromatic N) is 1. The molecule has 176 valence electrons. The van der Waals surface area contributed by atoms with Crippen molar-refractivity contribution in [2.75, 3.05) is 26.7 Å². The Morgan fingerprint density at radius 2 is 1.76 bits per heavy atom. The molecule has 1 heterocycles. The summed E-state index contributed by atoms with van der Waals surface area (Å²) in [5.41, 5.74) is 2.18. The highest BCUT2D eigenvalue weighted by Gasteiger charge is 2.34. The SMILES string of the molecule is CCCNC(=O)[C@@H](NC(=O)c1ccc(C)cc1)C1CCN(C(=O)c2cccc(OC)c2)CC1. The van der Waals surface area contributed by atoms with Crippen molar-refractivity contribution in [1.29, 1.82) is 0 Å². The lowest BCUT2D eigenvalue weighted by Gasteiger charge is -2.36. The van der Waals surface area contributed by atoms with Crippen LogP contribution in [-0.4, -0.2) is 55.4 Å². The molecule has 0 spiro atoms. The van der Waals surface area contributed by atoms with Crippen molar-refractivity contribution in [2.45, 2.75) is 39.2 Å². The van der Waals surface area contributed by atoms with Crippen molar-refractivity contribution >= 4 is 17.7 Å². The summed E-state index contributed by atoms with van der Waals surface area (Å²) < 4.78 is 5.22. The highest BCUT2D eigenvalue weighted by atomic mass is 16.5. The molecule has 3 rings (SSSR count). The largest absolute Gasteiger partial charge is 0.497 e. The molecule has 0 unspecified atom stereocenters. The maximum absolute atomic E-state index is 12.9. The quantitative estimate of drug-likeness (QED) is 0.645. The molecule has 1 aliphatic rings. The van der Waals surface area contributed by atoms with Crippen LogP contribution in [0.3, 0.4) is 0 Å². The number of benzene rings is 2. The predicted molar refractivity (Wildman–Crippen MR) is 127 cm³/mol. The van der Waals surface area contributed by atoms with Crippen LogP contribution in [0.15, 0.2) is 48.5 Å². The van der Waals surface area contributed by atoms with Gasteiger partial charge in [-0.15, -0.1) is 0 Å². The van der Waals surface area contributed by atoms with Gasteiger partial charge in [0.2, 0.25) is 5.91 Å². The molecule has 1 atom stereocenters. The molecule has 33 heavy (non-hydrogen) atoms. The normalized spacial score (nSPS) is 14.9. The monoisotopic (exact) mass is 451 g/mol. The Balaban J connectivity index is 1.67. The topological polar surface area (TPSA) is 87.7 Å². The van der Waals surface area contributed by atoms with Crippen LogP contribution in [-0.2, 0) is 4.79 Å². The first-order chi connectivity index (χ1) is 15.9. The first kappa shape index (κ1) is 24.3. The number of hydrogen-bond acceptors (Lipinski definition) is 4. The zero-order valence-corrected chi connectivity index (χ0v) is 19.6. The molecule has 0 bridgehead atoms. The van der Waals surface area contributed by atoms with E-state index in [1.807, 2.05) is 26.0 Å². The molecular formula is C26H33N3O4. The third-order valence-corrected chi connectivity index (χ3v) is 6.05. The number of piperidine rings is 1. The fourth-order valence-electron chi connectivity index (χ4n) is 4.06. The number of ether oxygens (including phenoxy) is 1. The Kier molecular flexibility index (Phi) is 8.46. The van der Waals surface area contributed by atoms with Crippen LogP contribution in [0.25, 0.3) is 0 Å². The van der Waals surface area contributed by atoms with Gasteiger partial charge in [-0.25, -0.2) is 0 Å². The van der Waals surface area contributed by atoms with E-state index < -0.39 is 6.04 Å². The smallest absolute Gasteiger partial charge is 0.253 e. The number of carbonyl (C=O) groups is 3. The molecule has 0 aromatic heterocycles. The Morgan fingerprint density at radius 1 is 1.06 bits per heavy atom. The molecule has 0 radical (unpaired) electrons. The number of rotatable bonds is 8. The summed E-state index contributed by atoms with van der Waals surface area (Å²) in [5, 5.41) is 5.87. The van der Waals surface area contributed by atoms with E-state index in [9.17, 15) is 14.4 Å². The maximum atomic E-state index is 12.9. The van der Waals surface area contributed by atoms with Crippen LogP contribution in [0.1, 0.15) is 52.5 Å². The zero-order valence-electron chi connectivity index (χ0n) is 19.6. The number of methoxy groups -OCH3 is 1. The van der Waals surface area contributed by atoms with Gasteiger partial charge >= 0.3 is 0 Å². The minimum atomic E-state index is -0.639. The van der Waals surface area contributed by atoms with E-state index in [1.165, 1.54) is 0 Å². The molecular weight excluding hydrogens is 418 g/mol. The minimum Gasteiger partial charge on any atom is -0.497 e. The van der Waals surface area contributed by atoms with Crippen molar-refractivity contribution in [3.8, 4) is 5.75 Å². The molecule has 0 aliphatic carbocycles. The first-order valence-corrected chi connectivity index (χ1v) is 11.5. The van der Waals surface area contributed by atoms with Gasteiger partial charge in [-0.1, -0.05) is 30.7 Å². The molecule has 2 aromatic carbocycles. The highest BCUT2D eigenvalue weighted by molar-refractivity contribution is 5.98. The van der Waals surface area contributed by atoms with Crippen molar-refractivity contribution in [3.63, 3.8) is 0 Å². The lowest BCUT2D eigenvalue weighted by Crippen LogP contribution is -2.54. The van der Waals surface area contributed by atoms with E-state index in [4.69, 9.17) is 4.74 Å². The van der Waals surface area contributed by atoms with Crippen LogP contribution < -0.4 is 15.4 Å². The van der Waals surface area contributed by atoms with Crippen LogP contribution in [0.4, 0.5) is 0 Å². The molecule has 2 aromatic rings. The Hall–Kier alpha value is -3.35. The Labute approximate surface area is 195 Å². The second-order valence-electron chi connectivity index (χ2n) is 8.47. The first-order valence-electron chi connectivity index (χ1n) is 11.5. The summed E-state index contributed by atoms with van der Waals surface area (Å²) in [6.07, 6.45) is 2.08. The van der Waals surface area contributed by atoms with Crippen LogP contribution in [0.5, 0.6) is 5.75 Å². The van der Waals surface area contributed by atoms with E-state index in [0.717, 1.165) is 12.0 Å². The van der Waals surface area contributed by atoms with Crippen molar-refractivity contribution in [3.05, 3.63) is 65.2 Å². The molecule has 7 nitrogen and oxygen atoms in total. The molecule has 3 amide bonds. The van der Waals surface area contributed by atoms with Gasteiger partial charge in [0.25, 0.3) is 11.8 Å². The van der Waals surface area contributed by atoms with Gasteiger partial charge in [0.05, 0.1) is 7.11 Å². The van der Waals surface area contributed by atoms with Gasteiger partial charge in [-0.3, -0.25) is 14.4 Å². The van der Waals surface area contributed by atoms with Crippen molar-refractivity contribution in [2.24, 2.45) is 5.92 Å². The van der Waals surface area contributed by atoms with Crippen LogP contribution in [0.2, 0.25) is 0 Å². The molecule has 0 saturated carbocycles. The van der Waals surface area contributed by atoms with E-state index in [2.05, 4.69) is 10.6 Å². The van der Waals surface area contributed by atoms with Crippen molar-refractivity contribution in [1.82, 2.24) is 15.5 Å². The third-order valence-electron chi connectivity index (χ3n) is 6.05. The third kappa shape index (κ3) is 6.34. The molecule has 1 fully saturated rings. The fourth-order valence-corrected chi connectivity index (χ4v) is 4.06. The van der Waals surface area contributed by atoms with Crippen molar-refractivity contribution < 1.29 is 19.1 Å². The summed E-state index contributed by atoms with van der Waals surface area (Å²) in [5.74, 6) is 0.104. The number of aryl methyl sites for hydroxylation is 1. The zero-order chi connectivity index (χ0) is 23.8. The maximum Gasteiger partial charge on any atom is 0.253 e. The summed E-state index contributed by atoms with van der Waals surface area (Å²) in [7, 11) is 1.57. The molecule has 2 N–H and O–H groups in total. The Bertz CT molecular complexity index is 966. The minimum absolute atomic E-state index is 0.0504. The second-order valence-corrected chi connectivity index (χ2v) is 8.47. The van der Waals surface area contributed by atoms with Gasteiger partial charge in [0.15, 0.2) is 0 Å². The summed E-state index contributed by atoms with van der Waals surface area (Å²) >= 11 is 0. The van der Waals surface area contributed by atoms with E-state index in [-0.39, 0.29) is 23.6 Å². The fraction of sp³-hybridized carbons (Fsp3) is 0.423. The predicted octanol–water partition coefficient (Wildman–Crippen LogP) is 3.18. The second kappa shape index (κ2) is 11.5. The molecule has 1 aliphatic heterocycles. The van der Waals surface area contributed by atoms with Gasteiger partial charge < -0.3 is 20.3 Å². The summed E-state index contributed by atoms with van der Waals surface area (Å²) in [6.45, 7) is 5.56. The number of likely N-dealkylation sites (tertiary alicyclic amines) is 1. The summed E-state index contributed by atoms with van der Waals surface area (Å²) in [4.78, 5) is 40.5. The van der Waals surface area contributed by atoms with Crippen LogP contribution in [0, 0.1) is 12.8 Å². The van der Waals surface area contributed by atoms with Gasteiger partial charge in [-0.05, 0) is 62.4 Å². The number of nitrogens with one attached hydrogen (secondary N) is 2. The van der Waals surface area contributed by atoms with E-state index in [1.54, 1.807) is 48.4 Å². The lowest BCUT2D eigenvalue weighted by molar-refractivity contribution is -0.124. The van der Waals surface area contributed by atoms with Gasteiger partial charge in [0, 0.05) is 30.8 Å². The Morgan fingerprint density at radius 3 is 2.39 bits per heavy atom. The standard InChI is InChI=1S/C26H33N3O4/c1-4-14-27-25(31)23(28-24(30)20-10-8-18(2)9-11-20)19-12-15-29(16-13-19)26(32)21-6-5-7-22(17-21)33-3/h5-11,17,19,23H,4,12-16H2,1-3H3,(H,27,31)(H,28,30)/t23-/m0/s1. The lowest BCUT2D eigenvalue weighted by atomic mass is 9.88. The van der Waals surface area contributed by atoms with E-state index >= 15 is 0 Å². The van der Waals surface area contributed by atoms with Gasteiger partial charge in [0.1, 0.15) is 11.8 Å². The number of amides is 3. The van der Waals surface area contributed by atoms with E-state index in [0.29, 0.717) is 49.4 Å². The molecule has 7 heteroatoms. The van der Waals surface area contributed by atoms with Crippen LogP contribution >= 0.6 is 0 Å². The average Bonchev–Trinajstić information content (AvgIpc) is 2.85. The number of carbonyl (C=O) groups excluding carboxylic acids is 3. The summed E-state index contributed by atoms with van der Waals surface area (Å²) in [6, 6.07) is 13.8.